The van der Waals surface area contributed by atoms with Gasteiger partial charge in [-0.05, 0) is 37.6 Å². The van der Waals surface area contributed by atoms with Gasteiger partial charge in [0.2, 0.25) is 0 Å². The molecule has 0 amide bonds. The van der Waals surface area contributed by atoms with E-state index in [1.165, 1.54) is 11.3 Å². The third-order valence-corrected chi connectivity index (χ3v) is 2.70. The summed E-state index contributed by atoms with van der Waals surface area (Å²) in [4.78, 5) is 4.63. The summed E-state index contributed by atoms with van der Waals surface area (Å²) in [5.74, 6) is 0. The highest BCUT2D eigenvalue weighted by atomic mass is 14.9. The zero-order chi connectivity index (χ0) is 11.5. The molecule has 2 heteroatoms. The summed E-state index contributed by atoms with van der Waals surface area (Å²) in [5, 5.41) is 1.04. The van der Waals surface area contributed by atoms with Gasteiger partial charge in [0, 0.05) is 18.9 Å². The lowest BCUT2D eigenvalue weighted by Gasteiger charge is -2.05. The Labute approximate surface area is 95.9 Å². The van der Waals surface area contributed by atoms with Crippen LogP contribution in [-0.4, -0.2) is 4.57 Å². The van der Waals surface area contributed by atoms with Crippen molar-refractivity contribution >= 4 is 5.69 Å². The minimum atomic E-state index is 0.999. The van der Waals surface area contributed by atoms with Gasteiger partial charge in [0.25, 0.3) is 0 Å². The molecule has 82 valence electrons. The zero-order valence-electron chi connectivity index (χ0n) is 9.94. The number of rotatable bonds is 1. The molecule has 2 nitrogen and oxygen atoms in total. The van der Waals surface area contributed by atoms with Crippen LogP contribution in [0.2, 0.25) is 0 Å². The van der Waals surface area contributed by atoms with Crippen LogP contribution in [0.3, 0.4) is 0 Å². The summed E-state index contributed by atoms with van der Waals surface area (Å²) in [6.45, 7) is 4.17. The molecule has 1 heterocycles. The molecule has 0 bridgehead atoms. The normalized spacial score (nSPS) is 11.8. The lowest BCUT2D eigenvalue weighted by Crippen LogP contribution is -2.11. The van der Waals surface area contributed by atoms with Crippen molar-refractivity contribution in [2.75, 3.05) is 0 Å². The van der Waals surface area contributed by atoms with E-state index in [-0.39, 0.29) is 0 Å². The standard InChI is InChI=1S/C14H16N2/c1-11-10-16(3)12(2)9-14(11)15-13-7-5-4-6-8-13/h4-10H,1-3H3. The van der Waals surface area contributed by atoms with Crippen LogP contribution in [0, 0.1) is 13.8 Å². The van der Waals surface area contributed by atoms with E-state index in [1.807, 2.05) is 30.3 Å². The molecule has 0 atom stereocenters. The fraction of sp³-hybridized carbons (Fsp3) is 0.214. The number of benzene rings is 1. The van der Waals surface area contributed by atoms with E-state index in [1.54, 1.807) is 0 Å². The highest BCUT2D eigenvalue weighted by Gasteiger charge is 1.95. The van der Waals surface area contributed by atoms with Gasteiger partial charge in [-0.25, -0.2) is 4.99 Å². The van der Waals surface area contributed by atoms with Crippen molar-refractivity contribution in [3.8, 4) is 0 Å². The first kappa shape index (κ1) is 10.7. The van der Waals surface area contributed by atoms with Gasteiger partial charge in [0.05, 0.1) is 11.0 Å². The molecular weight excluding hydrogens is 196 g/mol. The highest BCUT2D eigenvalue weighted by molar-refractivity contribution is 5.36. The van der Waals surface area contributed by atoms with Crippen molar-refractivity contribution in [1.29, 1.82) is 0 Å². The Morgan fingerprint density at radius 2 is 1.75 bits per heavy atom. The van der Waals surface area contributed by atoms with Gasteiger partial charge in [0.1, 0.15) is 0 Å². The monoisotopic (exact) mass is 212 g/mol. The summed E-state index contributed by atoms with van der Waals surface area (Å²) >= 11 is 0. The molecule has 0 spiro atoms. The molecule has 0 saturated heterocycles. The molecular formula is C14H16N2. The van der Waals surface area contributed by atoms with E-state index in [0.717, 1.165) is 11.0 Å². The summed E-state index contributed by atoms with van der Waals surface area (Å²) in [6.07, 6.45) is 2.11. The Kier molecular flexibility index (Phi) is 2.91. The van der Waals surface area contributed by atoms with Gasteiger partial charge in [-0.15, -0.1) is 0 Å². The molecule has 0 aliphatic carbocycles. The van der Waals surface area contributed by atoms with Crippen molar-refractivity contribution in [1.82, 2.24) is 4.57 Å². The fourth-order valence-electron chi connectivity index (χ4n) is 1.63. The molecule has 1 aromatic heterocycles. The Hall–Kier alpha value is -1.83. The van der Waals surface area contributed by atoms with Crippen LogP contribution >= 0.6 is 0 Å². The molecule has 16 heavy (non-hydrogen) atoms. The average Bonchev–Trinajstić information content (AvgIpc) is 2.27. The number of nitrogens with zero attached hydrogens (tertiary/aromatic N) is 2. The maximum atomic E-state index is 4.63. The topological polar surface area (TPSA) is 17.3 Å². The summed E-state index contributed by atoms with van der Waals surface area (Å²) < 4.78 is 2.11. The van der Waals surface area contributed by atoms with E-state index in [2.05, 4.69) is 42.7 Å². The first-order valence-electron chi connectivity index (χ1n) is 5.40. The number of hydrogen-bond donors (Lipinski definition) is 0. The van der Waals surface area contributed by atoms with Crippen LogP contribution in [-0.2, 0) is 7.05 Å². The number of aryl methyl sites for hydroxylation is 3. The molecule has 0 N–H and O–H groups in total. The summed E-state index contributed by atoms with van der Waals surface area (Å²) in [5.41, 5.74) is 3.40. The lowest BCUT2D eigenvalue weighted by molar-refractivity contribution is 0.840. The molecule has 2 aromatic rings. The Morgan fingerprint density at radius 1 is 1.06 bits per heavy atom. The fourth-order valence-corrected chi connectivity index (χ4v) is 1.63. The van der Waals surface area contributed by atoms with Gasteiger partial charge in [-0.1, -0.05) is 18.2 Å². The van der Waals surface area contributed by atoms with Crippen molar-refractivity contribution in [2.24, 2.45) is 12.0 Å². The van der Waals surface area contributed by atoms with Gasteiger partial charge in [-0.2, -0.15) is 0 Å². The number of para-hydroxylation sites is 1. The highest BCUT2D eigenvalue weighted by Crippen LogP contribution is 2.08. The molecule has 0 aliphatic heterocycles. The predicted molar refractivity (Wildman–Crippen MR) is 66.6 cm³/mol. The molecule has 0 unspecified atom stereocenters. The van der Waals surface area contributed by atoms with Crippen LogP contribution in [0.1, 0.15) is 11.3 Å². The van der Waals surface area contributed by atoms with Gasteiger partial charge >= 0.3 is 0 Å². The van der Waals surface area contributed by atoms with Crippen LogP contribution in [0.4, 0.5) is 5.69 Å². The first-order valence-corrected chi connectivity index (χ1v) is 5.40. The third-order valence-electron chi connectivity index (χ3n) is 2.70. The maximum absolute atomic E-state index is 4.63. The second-order valence-corrected chi connectivity index (χ2v) is 4.04. The Bertz CT molecular complexity index is 551. The van der Waals surface area contributed by atoms with Crippen LogP contribution in [0.15, 0.2) is 47.6 Å². The van der Waals surface area contributed by atoms with Crippen molar-refractivity contribution in [3.63, 3.8) is 0 Å². The van der Waals surface area contributed by atoms with E-state index in [4.69, 9.17) is 0 Å². The number of pyridine rings is 1. The molecule has 1 aromatic carbocycles. The van der Waals surface area contributed by atoms with E-state index in [0.29, 0.717) is 0 Å². The molecule has 0 radical (unpaired) electrons. The maximum Gasteiger partial charge on any atom is 0.0697 e. The molecule has 0 fully saturated rings. The van der Waals surface area contributed by atoms with Crippen molar-refractivity contribution in [3.05, 3.63) is 59.2 Å². The summed E-state index contributed by atoms with van der Waals surface area (Å²) in [7, 11) is 2.05. The van der Waals surface area contributed by atoms with Crippen molar-refractivity contribution < 1.29 is 0 Å². The van der Waals surface area contributed by atoms with Crippen molar-refractivity contribution in [2.45, 2.75) is 13.8 Å². The number of aromatic nitrogens is 1. The Morgan fingerprint density at radius 3 is 2.44 bits per heavy atom. The second-order valence-electron chi connectivity index (χ2n) is 4.04. The molecule has 0 saturated carbocycles. The van der Waals surface area contributed by atoms with E-state index in [9.17, 15) is 0 Å². The smallest absolute Gasteiger partial charge is 0.0697 e. The van der Waals surface area contributed by atoms with Gasteiger partial charge < -0.3 is 4.57 Å². The lowest BCUT2D eigenvalue weighted by atomic mass is 10.2. The van der Waals surface area contributed by atoms with E-state index < -0.39 is 0 Å². The largest absolute Gasteiger partial charge is 0.354 e. The van der Waals surface area contributed by atoms with Crippen LogP contribution in [0.5, 0.6) is 0 Å². The third kappa shape index (κ3) is 2.22. The quantitative estimate of drug-likeness (QED) is 0.691. The van der Waals surface area contributed by atoms with Gasteiger partial charge in [0.15, 0.2) is 0 Å². The zero-order valence-corrected chi connectivity index (χ0v) is 9.94. The SMILES string of the molecule is Cc1cn(C)c(C)cc1=Nc1ccccc1. The average molecular weight is 212 g/mol. The first-order chi connectivity index (χ1) is 7.66. The van der Waals surface area contributed by atoms with E-state index >= 15 is 0 Å². The second kappa shape index (κ2) is 4.35. The minimum absolute atomic E-state index is 0.999. The minimum Gasteiger partial charge on any atom is -0.354 e. The number of hydrogen-bond acceptors (Lipinski definition) is 1. The molecule has 2 rings (SSSR count). The molecule has 0 aliphatic rings. The predicted octanol–water partition coefficient (Wildman–Crippen LogP) is 2.87. The van der Waals surface area contributed by atoms with Gasteiger partial charge in [-0.3, -0.25) is 0 Å². The Balaban J connectivity index is 2.57. The van der Waals surface area contributed by atoms with Crippen LogP contribution < -0.4 is 5.36 Å². The summed E-state index contributed by atoms with van der Waals surface area (Å²) in [6, 6.07) is 12.2. The van der Waals surface area contributed by atoms with Crippen LogP contribution in [0.25, 0.3) is 0 Å².